The summed E-state index contributed by atoms with van der Waals surface area (Å²) in [5.74, 6) is 0.912. The number of hydrogen-bond donors (Lipinski definition) is 2. The first kappa shape index (κ1) is 13.0. The van der Waals surface area contributed by atoms with E-state index in [2.05, 4.69) is 30.5 Å². The van der Waals surface area contributed by atoms with Gasteiger partial charge in [0.05, 0.1) is 5.69 Å². The molecule has 0 aliphatic rings. The molecule has 3 aromatic rings. The van der Waals surface area contributed by atoms with Crippen LogP contribution in [0.5, 0.6) is 0 Å². The normalized spacial score (nSPS) is 10.8. The lowest BCUT2D eigenvalue weighted by atomic mass is 10.3. The lowest BCUT2D eigenvalue weighted by Crippen LogP contribution is -2.11. The molecule has 0 aliphatic carbocycles. The number of aromatic nitrogens is 7. The first-order valence-corrected chi connectivity index (χ1v) is 6.36. The number of nitrogens with one attached hydrogen (secondary N) is 1. The van der Waals surface area contributed by atoms with E-state index in [9.17, 15) is 0 Å². The molecule has 0 bridgehead atoms. The molecule has 21 heavy (non-hydrogen) atoms. The van der Waals surface area contributed by atoms with E-state index in [1.165, 1.54) is 4.68 Å². The Kier molecular flexibility index (Phi) is 3.22. The van der Waals surface area contributed by atoms with Gasteiger partial charge in [0.15, 0.2) is 0 Å². The van der Waals surface area contributed by atoms with Gasteiger partial charge in [-0.25, -0.2) is 4.68 Å². The van der Waals surface area contributed by atoms with E-state index in [0.717, 1.165) is 11.3 Å². The van der Waals surface area contributed by atoms with Gasteiger partial charge in [0.25, 0.3) is 5.95 Å². The minimum Gasteiger partial charge on any atom is -0.368 e. The van der Waals surface area contributed by atoms with Crippen LogP contribution in [0, 0.1) is 6.92 Å². The third kappa shape index (κ3) is 2.81. The van der Waals surface area contributed by atoms with E-state index in [4.69, 9.17) is 5.73 Å². The van der Waals surface area contributed by atoms with Gasteiger partial charge in [0.1, 0.15) is 0 Å². The van der Waals surface area contributed by atoms with Crippen LogP contribution in [0.4, 0.5) is 11.9 Å². The Hall–Kier alpha value is -2.97. The van der Waals surface area contributed by atoms with Crippen molar-refractivity contribution in [3.05, 3.63) is 35.9 Å². The van der Waals surface area contributed by atoms with E-state index >= 15 is 0 Å². The largest absolute Gasteiger partial charge is 0.368 e. The monoisotopic (exact) mass is 285 g/mol. The van der Waals surface area contributed by atoms with Crippen molar-refractivity contribution in [3.8, 4) is 5.95 Å². The van der Waals surface area contributed by atoms with Gasteiger partial charge >= 0.3 is 0 Å². The van der Waals surface area contributed by atoms with Gasteiger partial charge in [0, 0.05) is 37.7 Å². The Balaban J connectivity index is 1.81. The van der Waals surface area contributed by atoms with Gasteiger partial charge < -0.3 is 11.1 Å². The van der Waals surface area contributed by atoms with Gasteiger partial charge in [-0.15, -0.1) is 0 Å². The molecule has 3 rings (SSSR count). The molecule has 0 aromatic carbocycles. The molecule has 9 heteroatoms. The quantitative estimate of drug-likeness (QED) is 0.708. The van der Waals surface area contributed by atoms with Crippen molar-refractivity contribution in [2.24, 2.45) is 7.05 Å². The number of hydrogen-bond acceptors (Lipinski definition) is 7. The second kappa shape index (κ2) is 5.19. The minimum absolute atomic E-state index is 0.140. The Labute approximate surface area is 120 Å². The van der Waals surface area contributed by atoms with Crippen LogP contribution in [0.3, 0.4) is 0 Å². The molecule has 3 N–H and O–H groups in total. The summed E-state index contributed by atoms with van der Waals surface area (Å²) >= 11 is 0. The van der Waals surface area contributed by atoms with Crippen molar-refractivity contribution < 1.29 is 0 Å². The van der Waals surface area contributed by atoms with Gasteiger partial charge in [-0.05, 0) is 13.0 Å². The SMILES string of the molecule is Cc1nn(C)cc1CNc1nc(N)nc(-n2cccn2)n1. The van der Waals surface area contributed by atoms with Crippen LogP contribution in [-0.2, 0) is 13.6 Å². The molecule has 0 spiro atoms. The molecule has 9 nitrogen and oxygen atoms in total. The molecule has 0 saturated carbocycles. The van der Waals surface area contributed by atoms with Crippen molar-refractivity contribution in [1.29, 1.82) is 0 Å². The predicted molar refractivity (Wildman–Crippen MR) is 76.6 cm³/mol. The maximum atomic E-state index is 5.71. The van der Waals surface area contributed by atoms with Crippen molar-refractivity contribution in [3.63, 3.8) is 0 Å². The molecule has 0 aliphatic heterocycles. The van der Waals surface area contributed by atoms with Crippen LogP contribution in [0.15, 0.2) is 24.7 Å². The van der Waals surface area contributed by atoms with E-state index < -0.39 is 0 Å². The second-order valence-corrected chi connectivity index (χ2v) is 4.53. The average Bonchev–Trinajstić information content (AvgIpc) is 3.06. The summed E-state index contributed by atoms with van der Waals surface area (Å²) in [5, 5.41) is 11.5. The maximum Gasteiger partial charge on any atom is 0.257 e. The molecule has 0 unspecified atom stereocenters. The summed E-state index contributed by atoms with van der Waals surface area (Å²) in [7, 11) is 1.88. The highest BCUT2D eigenvalue weighted by molar-refractivity contribution is 5.36. The van der Waals surface area contributed by atoms with Crippen molar-refractivity contribution in [2.75, 3.05) is 11.1 Å². The van der Waals surface area contributed by atoms with Crippen LogP contribution in [0.2, 0.25) is 0 Å². The Morgan fingerprint density at radius 2 is 2.14 bits per heavy atom. The van der Waals surface area contributed by atoms with Crippen LogP contribution < -0.4 is 11.1 Å². The van der Waals surface area contributed by atoms with Gasteiger partial charge in [-0.3, -0.25) is 4.68 Å². The van der Waals surface area contributed by atoms with Gasteiger partial charge in [-0.2, -0.15) is 25.1 Å². The Bertz CT molecular complexity index is 744. The summed E-state index contributed by atoms with van der Waals surface area (Å²) in [4.78, 5) is 12.4. The number of nitrogen functional groups attached to an aromatic ring is 1. The zero-order valence-electron chi connectivity index (χ0n) is 11.7. The molecule has 0 radical (unpaired) electrons. The number of rotatable bonds is 4. The van der Waals surface area contributed by atoms with E-state index in [1.54, 1.807) is 23.1 Å². The number of anilines is 2. The van der Waals surface area contributed by atoms with E-state index in [1.807, 2.05) is 20.2 Å². The summed E-state index contributed by atoms with van der Waals surface area (Å²) < 4.78 is 3.29. The lowest BCUT2D eigenvalue weighted by Gasteiger charge is -2.06. The molecular weight excluding hydrogens is 270 g/mol. The molecule has 3 aromatic heterocycles. The van der Waals surface area contributed by atoms with Crippen LogP contribution in [0.1, 0.15) is 11.3 Å². The second-order valence-electron chi connectivity index (χ2n) is 4.53. The molecule has 3 heterocycles. The topological polar surface area (TPSA) is 112 Å². The average molecular weight is 285 g/mol. The molecular formula is C12H15N9. The summed E-state index contributed by atoms with van der Waals surface area (Å²) in [6.45, 7) is 2.51. The first-order chi connectivity index (χ1) is 10.1. The summed E-state index contributed by atoms with van der Waals surface area (Å²) in [5.41, 5.74) is 7.73. The lowest BCUT2D eigenvalue weighted by molar-refractivity contribution is 0.756. The highest BCUT2D eigenvalue weighted by Gasteiger charge is 2.08. The summed E-state index contributed by atoms with van der Waals surface area (Å²) in [6, 6.07) is 1.78. The van der Waals surface area contributed by atoms with Crippen LogP contribution in [-0.4, -0.2) is 34.5 Å². The third-order valence-corrected chi connectivity index (χ3v) is 2.90. The summed E-state index contributed by atoms with van der Waals surface area (Å²) in [6.07, 6.45) is 5.33. The zero-order chi connectivity index (χ0) is 14.8. The third-order valence-electron chi connectivity index (χ3n) is 2.90. The number of nitrogens with two attached hydrogens (primary N) is 1. The molecule has 0 fully saturated rings. The van der Waals surface area contributed by atoms with Crippen LogP contribution >= 0.6 is 0 Å². The first-order valence-electron chi connectivity index (χ1n) is 6.36. The fourth-order valence-electron chi connectivity index (χ4n) is 1.95. The molecule has 108 valence electrons. The molecule has 0 atom stereocenters. The predicted octanol–water partition coefficient (Wildman–Crippen LogP) is 0.294. The highest BCUT2D eigenvalue weighted by atomic mass is 15.4. The zero-order valence-corrected chi connectivity index (χ0v) is 11.7. The van der Waals surface area contributed by atoms with Gasteiger partial charge in [0.2, 0.25) is 11.9 Å². The number of nitrogens with zero attached hydrogens (tertiary/aromatic N) is 7. The fraction of sp³-hybridized carbons (Fsp3) is 0.250. The fourth-order valence-corrected chi connectivity index (χ4v) is 1.95. The van der Waals surface area contributed by atoms with Crippen molar-refractivity contribution in [1.82, 2.24) is 34.5 Å². The molecule has 0 saturated heterocycles. The Morgan fingerprint density at radius 3 is 2.81 bits per heavy atom. The maximum absolute atomic E-state index is 5.71. The Morgan fingerprint density at radius 1 is 1.29 bits per heavy atom. The van der Waals surface area contributed by atoms with Crippen molar-refractivity contribution >= 4 is 11.9 Å². The minimum atomic E-state index is 0.140. The molecule has 0 amide bonds. The van der Waals surface area contributed by atoms with E-state index in [0.29, 0.717) is 18.4 Å². The van der Waals surface area contributed by atoms with Crippen LogP contribution in [0.25, 0.3) is 5.95 Å². The smallest absolute Gasteiger partial charge is 0.257 e. The van der Waals surface area contributed by atoms with Gasteiger partial charge in [-0.1, -0.05) is 0 Å². The highest BCUT2D eigenvalue weighted by Crippen LogP contribution is 2.10. The van der Waals surface area contributed by atoms with E-state index in [-0.39, 0.29) is 5.95 Å². The van der Waals surface area contributed by atoms with Crippen molar-refractivity contribution in [2.45, 2.75) is 13.5 Å². The standard InChI is InChI=1S/C12H15N9/c1-8-9(7-20(2)19-8)6-14-11-16-10(13)17-12(18-11)21-5-3-4-15-21/h3-5,7H,6H2,1-2H3,(H3,13,14,16,17,18). The number of aryl methyl sites for hydroxylation is 2.